The van der Waals surface area contributed by atoms with Gasteiger partial charge in [-0.25, -0.2) is 0 Å². The molecule has 2 rings (SSSR count). The summed E-state index contributed by atoms with van der Waals surface area (Å²) >= 11 is 3.33. The van der Waals surface area contributed by atoms with Gasteiger partial charge < -0.3 is 16.3 Å². The van der Waals surface area contributed by atoms with Crippen molar-refractivity contribution in [2.45, 2.75) is 6.92 Å². The molecule has 108 valence electrons. The van der Waals surface area contributed by atoms with Crippen molar-refractivity contribution >= 4 is 33.4 Å². The Balaban J connectivity index is 2.37. The maximum Gasteiger partial charge on any atom is 0.255 e. The van der Waals surface area contributed by atoms with E-state index in [-0.39, 0.29) is 11.7 Å². The zero-order valence-electron chi connectivity index (χ0n) is 11.3. The Hall–Kier alpha value is -2.34. The predicted octanol–water partition coefficient (Wildman–Crippen LogP) is 3.10. The third kappa shape index (κ3) is 3.41. The molecular weight excluding hydrogens is 334 g/mol. The molecule has 0 aliphatic rings. The molecular formula is C15H14BrN3O2. The summed E-state index contributed by atoms with van der Waals surface area (Å²) < 4.78 is 0.775. The molecule has 6 heteroatoms. The van der Waals surface area contributed by atoms with Gasteiger partial charge in [0.1, 0.15) is 0 Å². The van der Waals surface area contributed by atoms with E-state index in [0.29, 0.717) is 16.8 Å². The van der Waals surface area contributed by atoms with Crippen LogP contribution >= 0.6 is 15.9 Å². The van der Waals surface area contributed by atoms with Crippen molar-refractivity contribution in [2.75, 3.05) is 5.32 Å². The Bertz CT molecular complexity index is 714. The summed E-state index contributed by atoms with van der Waals surface area (Å²) in [5, 5.41) is 14.6. The van der Waals surface area contributed by atoms with Gasteiger partial charge in [0.2, 0.25) is 0 Å². The van der Waals surface area contributed by atoms with E-state index in [1.165, 1.54) is 0 Å². The van der Waals surface area contributed by atoms with Gasteiger partial charge in [-0.15, -0.1) is 0 Å². The van der Waals surface area contributed by atoms with E-state index < -0.39 is 0 Å². The van der Waals surface area contributed by atoms with Crippen molar-refractivity contribution in [1.29, 1.82) is 0 Å². The first-order chi connectivity index (χ1) is 10.0. The number of hydrogen-bond donors (Lipinski definition) is 3. The van der Waals surface area contributed by atoms with Crippen molar-refractivity contribution in [3.63, 3.8) is 0 Å². The molecule has 2 aromatic rings. The fraction of sp³-hybridized carbons (Fsp3) is 0.0667. The van der Waals surface area contributed by atoms with Gasteiger partial charge in [-0.05, 0) is 36.8 Å². The number of oxime groups is 1. The van der Waals surface area contributed by atoms with Crippen LogP contribution < -0.4 is 11.1 Å². The first-order valence-electron chi connectivity index (χ1n) is 6.17. The average molecular weight is 348 g/mol. The number of amidine groups is 1. The summed E-state index contributed by atoms with van der Waals surface area (Å²) in [6.45, 7) is 1.86. The Morgan fingerprint density at radius 1 is 1.24 bits per heavy atom. The van der Waals surface area contributed by atoms with Gasteiger partial charge in [0.25, 0.3) is 5.91 Å². The largest absolute Gasteiger partial charge is 0.409 e. The Morgan fingerprint density at radius 3 is 2.62 bits per heavy atom. The normalized spacial score (nSPS) is 11.2. The molecule has 2 aromatic carbocycles. The first-order valence-corrected chi connectivity index (χ1v) is 6.96. The number of hydrogen-bond acceptors (Lipinski definition) is 3. The molecule has 4 N–H and O–H groups in total. The van der Waals surface area contributed by atoms with Gasteiger partial charge >= 0.3 is 0 Å². The minimum atomic E-state index is -0.252. The zero-order valence-corrected chi connectivity index (χ0v) is 12.9. The number of aryl methyl sites for hydroxylation is 1. The summed E-state index contributed by atoms with van der Waals surface area (Å²) in [6, 6.07) is 12.4. The number of benzene rings is 2. The second-order valence-corrected chi connectivity index (χ2v) is 5.36. The van der Waals surface area contributed by atoms with Crippen LogP contribution in [0.1, 0.15) is 21.5 Å². The molecule has 21 heavy (non-hydrogen) atoms. The smallest absolute Gasteiger partial charge is 0.255 e. The number of carbonyl (C=O) groups excluding carboxylic acids is 1. The van der Waals surface area contributed by atoms with E-state index >= 15 is 0 Å². The lowest BCUT2D eigenvalue weighted by Crippen LogP contribution is -2.19. The van der Waals surface area contributed by atoms with Gasteiger partial charge in [-0.3, -0.25) is 4.79 Å². The highest BCUT2D eigenvalue weighted by atomic mass is 79.9. The highest BCUT2D eigenvalue weighted by molar-refractivity contribution is 9.10. The molecule has 0 aliphatic heterocycles. The molecule has 0 saturated carbocycles. The monoisotopic (exact) mass is 347 g/mol. The van der Waals surface area contributed by atoms with Crippen LogP contribution in [-0.2, 0) is 0 Å². The molecule has 5 nitrogen and oxygen atoms in total. The van der Waals surface area contributed by atoms with E-state index in [1.807, 2.05) is 19.1 Å². The van der Waals surface area contributed by atoms with Crippen molar-refractivity contribution in [1.82, 2.24) is 0 Å². The predicted molar refractivity (Wildman–Crippen MR) is 85.8 cm³/mol. The molecule has 0 aliphatic carbocycles. The van der Waals surface area contributed by atoms with Crippen LogP contribution in [0, 0.1) is 6.92 Å². The minimum Gasteiger partial charge on any atom is -0.409 e. The highest BCUT2D eigenvalue weighted by Crippen LogP contribution is 2.22. The minimum absolute atomic E-state index is 0.0671. The van der Waals surface area contributed by atoms with E-state index in [2.05, 4.69) is 26.4 Å². The maximum atomic E-state index is 12.3. The lowest BCUT2D eigenvalue weighted by atomic mass is 10.1. The number of amides is 1. The first kappa shape index (κ1) is 15.1. The molecule has 0 fully saturated rings. The number of anilines is 1. The van der Waals surface area contributed by atoms with Crippen LogP contribution in [0.25, 0.3) is 0 Å². The molecule has 0 spiro atoms. The fourth-order valence-corrected chi connectivity index (χ4v) is 2.28. The van der Waals surface area contributed by atoms with Gasteiger partial charge in [-0.1, -0.05) is 39.3 Å². The number of nitrogens with two attached hydrogens (primary N) is 1. The lowest BCUT2D eigenvalue weighted by Gasteiger charge is -2.12. The van der Waals surface area contributed by atoms with Crippen molar-refractivity contribution in [2.24, 2.45) is 10.9 Å². The topological polar surface area (TPSA) is 87.7 Å². The van der Waals surface area contributed by atoms with E-state index in [4.69, 9.17) is 10.9 Å². The Kier molecular flexibility index (Phi) is 4.59. The summed E-state index contributed by atoms with van der Waals surface area (Å²) in [5.74, 6) is -0.319. The Morgan fingerprint density at radius 2 is 1.95 bits per heavy atom. The summed E-state index contributed by atoms with van der Waals surface area (Å²) in [4.78, 5) is 12.3. The van der Waals surface area contributed by atoms with Crippen LogP contribution in [0.3, 0.4) is 0 Å². The van der Waals surface area contributed by atoms with Gasteiger partial charge in [0.15, 0.2) is 5.84 Å². The lowest BCUT2D eigenvalue weighted by molar-refractivity contribution is 0.102. The second kappa shape index (κ2) is 6.41. The fourth-order valence-electron chi connectivity index (χ4n) is 1.91. The number of nitrogens with one attached hydrogen (secondary N) is 1. The SMILES string of the molecule is Cc1ccccc1C(=O)Nc1cc(Br)ccc1/C(N)=N/O. The van der Waals surface area contributed by atoms with Crippen molar-refractivity contribution in [3.8, 4) is 0 Å². The average Bonchev–Trinajstić information content (AvgIpc) is 2.47. The number of rotatable bonds is 3. The summed E-state index contributed by atoms with van der Waals surface area (Å²) in [5.41, 5.74) is 7.98. The molecule has 0 saturated heterocycles. The van der Waals surface area contributed by atoms with Crippen LogP contribution in [0.2, 0.25) is 0 Å². The standard InChI is InChI=1S/C15H14BrN3O2/c1-9-4-2-3-5-11(9)15(20)18-13-8-10(16)6-7-12(13)14(17)19-21/h2-8,21H,1H3,(H2,17,19)(H,18,20). The third-order valence-electron chi connectivity index (χ3n) is 3.00. The van der Waals surface area contributed by atoms with Crippen molar-refractivity contribution < 1.29 is 10.0 Å². The van der Waals surface area contributed by atoms with Gasteiger partial charge in [-0.2, -0.15) is 0 Å². The summed E-state index contributed by atoms with van der Waals surface area (Å²) in [7, 11) is 0. The Labute approximate surface area is 130 Å². The molecule has 0 unspecified atom stereocenters. The second-order valence-electron chi connectivity index (χ2n) is 4.44. The quantitative estimate of drug-likeness (QED) is 0.345. The molecule has 0 heterocycles. The van der Waals surface area contributed by atoms with Crippen LogP contribution in [-0.4, -0.2) is 17.0 Å². The molecule has 0 atom stereocenters. The molecule has 0 bridgehead atoms. The van der Waals surface area contributed by atoms with E-state index in [9.17, 15) is 4.79 Å². The van der Waals surface area contributed by atoms with E-state index in [1.54, 1.807) is 30.3 Å². The number of nitrogens with zero attached hydrogens (tertiary/aromatic N) is 1. The van der Waals surface area contributed by atoms with Crippen molar-refractivity contribution in [3.05, 3.63) is 63.6 Å². The van der Waals surface area contributed by atoms with Crippen LogP contribution in [0.5, 0.6) is 0 Å². The molecule has 0 aromatic heterocycles. The summed E-state index contributed by atoms with van der Waals surface area (Å²) in [6.07, 6.45) is 0. The zero-order chi connectivity index (χ0) is 15.4. The van der Waals surface area contributed by atoms with E-state index in [0.717, 1.165) is 10.0 Å². The third-order valence-corrected chi connectivity index (χ3v) is 3.50. The van der Waals surface area contributed by atoms with Crippen LogP contribution in [0.4, 0.5) is 5.69 Å². The highest BCUT2D eigenvalue weighted by Gasteiger charge is 2.13. The van der Waals surface area contributed by atoms with Gasteiger partial charge in [0, 0.05) is 15.6 Å². The molecule has 1 amide bonds. The van der Waals surface area contributed by atoms with Gasteiger partial charge in [0.05, 0.1) is 5.69 Å². The molecule has 0 radical (unpaired) electrons. The van der Waals surface area contributed by atoms with Crippen LogP contribution in [0.15, 0.2) is 52.1 Å². The number of halogens is 1. The number of carbonyl (C=O) groups is 1. The maximum absolute atomic E-state index is 12.3.